The fourth-order valence-electron chi connectivity index (χ4n) is 1.79. The van der Waals surface area contributed by atoms with Crippen molar-refractivity contribution in [2.24, 2.45) is 0 Å². The molecule has 104 valence electrons. The number of esters is 1. The molecule has 6 heteroatoms. The summed E-state index contributed by atoms with van der Waals surface area (Å²) in [4.78, 5) is 25.1. The lowest BCUT2D eigenvalue weighted by Crippen LogP contribution is -2.57. The molecule has 18 heavy (non-hydrogen) atoms. The molecule has 0 spiro atoms. The number of methoxy groups -OCH3 is 1. The maximum atomic E-state index is 12.0. The Balaban J connectivity index is 2.82. The van der Waals surface area contributed by atoms with Gasteiger partial charge in [0.2, 0.25) is 0 Å². The van der Waals surface area contributed by atoms with Gasteiger partial charge in [0, 0.05) is 6.54 Å². The quantitative estimate of drug-likeness (QED) is 0.662. The predicted molar refractivity (Wildman–Crippen MR) is 64.2 cm³/mol. The van der Waals surface area contributed by atoms with Crippen molar-refractivity contribution in [3.63, 3.8) is 0 Å². The minimum atomic E-state index is -0.751. The van der Waals surface area contributed by atoms with E-state index in [4.69, 9.17) is 14.2 Å². The number of rotatable bonds is 1. The molecule has 1 fully saturated rings. The molecule has 0 bridgehead atoms. The van der Waals surface area contributed by atoms with E-state index in [0.717, 1.165) is 0 Å². The molecule has 1 aliphatic rings. The van der Waals surface area contributed by atoms with Gasteiger partial charge < -0.3 is 14.2 Å². The Bertz CT molecular complexity index is 323. The second-order valence-corrected chi connectivity index (χ2v) is 5.22. The van der Waals surface area contributed by atoms with Gasteiger partial charge in [0.25, 0.3) is 0 Å². The molecular formula is C12H21NO5. The van der Waals surface area contributed by atoms with Crippen LogP contribution in [0.4, 0.5) is 4.79 Å². The van der Waals surface area contributed by atoms with Crippen LogP contribution in [0.5, 0.6) is 0 Å². The van der Waals surface area contributed by atoms with Gasteiger partial charge in [0.15, 0.2) is 6.04 Å². The van der Waals surface area contributed by atoms with Gasteiger partial charge >= 0.3 is 12.1 Å². The summed E-state index contributed by atoms with van der Waals surface area (Å²) in [7, 11) is 1.29. The minimum Gasteiger partial charge on any atom is -0.467 e. The van der Waals surface area contributed by atoms with Crippen molar-refractivity contribution in [3.8, 4) is 0 Å². The Labute approximate surface area is 107 Å². The Hall–Kier alpha value is -1.30. The van der Waals surface area contributed by atoms with Crippen LogP contribution in [0, 0.1) is 0 Å². The number of carbonyl (C=O) groups is 2. The van der Waals surface area contributed by atoms with E-state index in [0.29, 0.717) is 13.2 Å². The highest BCUT2D eigenvalue weighted by atomic mass is 16.6. The van der Waals surface area contributed by atoms with Crippen molar-refractivity contribution < 1.29 is 23.8 Å². The molecule has 1 rings (SSSR count). The molecule has 0 aromatic heterocycles. The largest absolute Gasteiger partial charge is 0.467 e. The summed E-state index contributed by atoms with van der Waals surface area (Å²) >= 11 is 0. The summed E-state index contributed by atoms with van der Waals surface area (Å²) in [5.41, 5.74) is -0.598. The zero-order valence-electron chi connectivity index (χ0n) is 11.6. The monoisotopic (exact) mass is 259 g/mol. The molecule has 2 unspecified atom stereocenters. The van der Waals surface area contributed by atoms with Crippen LogP contribution < -0.4 is 0 Å². The Morgan fingerprint density at radius 1 is 1.33 bits per heavy atom. The van der Waals surface area contributed by atoms with Crippen LogP contribution >= 0.6 is 0 Å². The number of hydrogen-bond acceptors (Lipinski definition) is 5. The Morgan fingerprint density at radius 3 is 2.44 bits per heavy atom. The number of ether oxygens (including phenoxy) is 3. The van der Waals surface area contributed by atoms with Crippen molar-refractivity contribution in [1.82, 2.24) is 4.90 Å². The van der Waals surface area contributed by atoms with Gasteiger partial charge in [0.05, 0.1) is 19.8 Å². The summed E-state index contributed by atoms with van der Waals surface area (Å²) < 4.78 is 15.3. The SMILES string of the molecule is COC(=O)C1C(C)OCCN1C(=O)OC(C)(C)C. The molecule has 1 amide bonds. The van der Waals surface area contributed by atoms with Gasteiger partial charge in [-0.3, -0.25) is 4.90 Å². The van der Waals surface area contributed by atoms with E-state index in [1.54, 1.807) is 27.7 Å². The molecule has 0 aromatic carbocycles. The van der Waals surface area contributed by atoms with Gasteiger partial charge in [-0.05, 0) is 27.7 Å². The van der Waals surface area contributed by atoms with Crippen molar-refractivity contribution in [2.75, 3.05) is 20.3 Å². The first kappa shape index (κ1) is 14.8. The number of amides is 1. The van der Waals surface area contributed by atoms with E-state index in [1.165, 1.54) is 12.0 Å². The van der Waals surface area contributed by atoms with E-state index in [-0.39, 0.29) is 0 Å². The van der Waals surface area contributed by atoms with Crippen molar-refractivity contribution in [3.05, 3.63) is 0 Å². The maximum Gasteiger partial charge on any atom is 0.411 e. The Morgan fingerprint density at radius 2 is 1.94 bits per heavy atom. The zero-order valence-corrected chi connectivity index (χ0v) is 11.6. The summed E-state index contributed by atoms with van der Waals surface area (Å²) in [6.45, 7) is 7.77. The van der Waals surface area contributed by atoms with E-state index in [9.17, 15) is 9.59 Å². The molecule has 1 heterocycles. The average molecular weight is 259 g/mol. The second kappa shape index (κ2) is 5.56. The van der Waals surface area contributed by atoms with Crippen LogP contribution in [-0.4, -0.2) is 55.0 Å². The third-order valence-electron chi connectivity index (χ3n) is 2.56. The van der Waals surface area contributed by atoms with Gasteiger partial charge in [-0.2, -0.15) is 0 Å². The molecule has 1 aliphatic heterocycles. The van der Waals surface area contributed by atoms with Crippen LogP contribution in [0.25, 0.3) is 0 Å². The van der Waals surface area contributed by atoms with E-state index >= 15 is 0 Å². The smallest absolute Gasteiger partial charge is 0.411 e. The number of nitrogens with zero attached hydrogens (tertiary/aromatic N) is 1. The summed E-state index contributed by atoms with van der Waals surface area (Å²) in [5.74, 6) is -0.493. The number of hydrogen-bond donors (Lipinski definition) is 0. The third kappa shape index (κ3) is 3.60. The van der Waals surface area contributed by atoms with Gasteiger partial charge in [-0.15, -0.1) is 0 Å². The molecule has 2 atom stereocenters. The fraction of sp³-hybridized carbons (Fsp3) is 0.833. The molecule has 0 aromatic rings. The van der Waals surface area contributed by atoms with Crippen molar-refractivity contribution in [2.45, 2.75) is 45.4 Å². The lowest BCUT2D eigenvalue weighted by Gasteiger charge is -2.38. The van der Waals surface area contributed by atoms with E-state index < -0.39 is 29.8 Å². The van der Waals surface area contributed by atoms with Crippen molar-refractivity contribution >= 4 is 12.1 Å². The fourth-order valence-corrected chi connectivity index (χ4v) is 1.79. The van der Waals surface area contributed by atoms with Crippen LogP contribution in [0.15, 0.2) is 0 Å². The molecule has 0 N–H and O–H groups in total. The number of morpholine rings is 1. The highest BCUT2D eigenvalue weighted by molar-refractivity contribution is 5.82. The van der Waals surface area contributed by atoms with Gasteiger partial charge in [0.1, 0.15) is 5.60 Å². The zero-order chi connectivity index (χ0) is 13.9. The molecule has 0 saturated carbocycles. The highest BCUT2D eigenvalue weighted by Gasteiger charge is 2.40. The van der Waals surface area contributed by atoms with Crippen LogP contribution in [0.1, 0.15) is 27.7 Å². The first-order valence-corrected chi connectivity index (χ1v) is 5.95. The predicted octanol–water partition coefficient (Wildman–Crippen LogP) is 1.18. The molecule has 0 radical (unpaired) electrons. The highest BCUT2D eigenvalue weighted by Crippen LogP contribution is 2.19. The lowest BCUT2D eigenvalue weighted by atomic mass is 10.1. The van der Waals surface area contributed by atoms with Gasteiger partial charge in [-0.25, -0.2) is 9.59 Å². The van der Waals surface area contributed by atoms with Crippen LogP contribution in [0.2, 0.25) is 0 Å². The first-order chi connectivity index (χ1) is 8.26. The molecule has 6 nitrogen and oxygen atoms in total. The summed E-state index contributed by atoms with van der Waals surface area (Å²) in [6, 6.07) is -0.751. The minimum absolute atomic E-state index is 0.318. The summed E-state index contributed by atoms with van der Waals surface area (Å²) in [6.07, 6.45) is -0.924. The third-order valence-corrected chi connectivity index (χ3v) is 2.56. The van der Waals surface area contributed by atoms with Crippen LogP contribution in [0.3, 0.4) is 0 Å². The van der Waals surface area contributed by atoms with Crippen molar-refractivity contribution in [1.29, 1.82) is 0 Å². The van der Waals surface area contributed by atoms with Crippen LogP contribution in [-0.2, 0) is 19.0 Å². The van der Waals surface area contributed by atoms with Gasteiger partial charge in [-0.1, -0.05) is 0 Å². The second-order valence-electron chi connectivity index (χ2n) is 5.22. The normalized spacial score (nSPS) is 24.6. The molecule has 1 saturated heterocycles. The molecular weight excluding hydrogens is 238 g/mol. The first-order valence-electron chi connectivity index (χ1n) is 5.95. The standard InChI is InChI=1S/C12H21NO5/c1-8-9(10(14)16-5)13(6-7-17-8)11(15)18-12(2,3)4/h8-9H,6-7H2,1-5H3. The average Bonchev–Trinajstić information content (AvgIpc) is 2.25. The lowest BCUT2D eigenvalue weighted by molar-refractivity contribution is -0.158. The molecule has 0 aliphatic carbocycles. The summed E-state index contributed by atoms with van der Waals surface area (Å²) in [5, 5.41) is 0. The topological polar surface area (TPSA) is 65.1 Å². The Kier molecular flexibility index (Phi) is 4.56. The maximum absolute atomic E-state index is 12.0. The van der Waals surface area contributed by atoms with E-state index in [1.807, 2.05) is 0 Å². The van der Waals surface area contributed by atoms with E-state index in [2.05, 4.69) is 0 Å². The number of carbonyl (C=O) groups excluding carboxylic acids is 2.